The molecule has 2 aliphatic rings. The molecule has 1 atom stereocenters. The van der Waals surface area contributed by atoms with Gasteiger partial charge in [0.1, 0.15) is 5.75 Å². The molecule has 1 unspecified atom stereocenters. The second kappa shape index (κ2) is 10.0. The van der Waals surface area contributed by atoms with Crippen molar-refractivity contribution in [3.05, 3.63) is 71.8 Å². The standard InChI is InChI=1S/C26H30N2O3S.ClH/c1-31-24-12-11-23-19-27(15-13-22(23)16-24)17-20-6-5-14-28(18-20)32(29,30)26-10-4-8-21-7-2-3-9-25(21)26;/h2-4,7-12,16,20H,5-6,13-15,17-19H2,1H3;1H. The summed E-state index contributed by atoms with van der Waals surface area (Å²) in [5, 5.41) is 1.77. The van der Waals surface area contributed by atoms with Crippen LogP contribution in [0.15, 0.2) is 65.6 Å². The van der Waals surface area contributed by atoms with Crippen molar-refractivity contribution in [1.29, 1.82) is 0 Å². The first kappa shape index (κ1) is 24.0. The Morgan fingerprint density at radius 3 is 2.67 bits per heavy atom. The van der Waals surface area contributed by atoms with E-state index in [1.165, 1.54) is 11.1 Å². The van der Waals surface area contributed by atoms with Crippen molar-refractivity contribution in [1.82, 2.24) is 9.21 Å². The SMILES string of the molecule is COc1ccc2c(c1)CCN(CC1CCCN(S(=O)(=O)c3cccc4ccccc34)C1)C2.Cl. The summed E-state index contributed by atoms with van der Waals surface area (Å²) in [5.74, 6) is 1.27. The van der Waals surface area contributed by atoms with Gasteiger partial charge in [-0.05, 0) is 59.9 Å². The summed E-state index contributed by atoms with van der Waals surface area (Å²) in [4.78, 5) is 2.91. The van der Waals surface area contributed by atoms with Crippen molar-refractivity contribution in [2.24, 2.45) is 5.92 Å². The third-order valence-corrected chi connectivity index (χ3v) is 8.79. The van der Waals surface area contributed by atoms with Gasteiger partial charge < -0.3 is 4.74 Å². The number of fused-ring (bicyclic) bond motifs is 2. The predicted octanol–water partition coefficient (Wildman–Crippen LogP) is 4.73. The van der Waals surface area contributed by atoms with Crippen molar-refractivity contribution >= 4 is 33.2 Å². The Bertz CT molecular complexity index is 1230. The Morgan fingerprint density at radius 2 is 1.82 bits per heavy atom. The predicted molar refractivity (Wildman–Crippen MR) is 135 cm³/mol. The number of methoxy groups -OCH3 is 1. The van der Waals surface area contributed by atoms with Crippen LogP contribution in [0, 0.1) is 5.92 Å². The lowest BCUT2D eigenvalue weighted by molar-refractivity contribution is 0.167. The lowest BCUT2D eigenvalue weighted by Gasteiger charge is -2.37. The maximum absolute atomic E-state index is 13.6. The van der Waals surface area contributed by atoms with Gasteiger partial charge in [-0.3, -0.25) is 4.90 Å². The zero-order chi connectivity index (χ0) is 22.1. The van der Waals surface area contributed by atoms with Crippen LogP contribution in [-0.2, 0) is 23.0 Å². The summed E-state index contributed by atoms with van der Waals surface area (Å²) in [6, 6.07) is 19.6. The molecule has 33 heavy (non-hydrogen) atoms. The summed E-state index contributed by atoms with van der Waals surface area (Å²) in [6.45, 7) is 4.06. The molecule has 1 saturated heterocycles. The minimum absolute atomic E-state index is 0. The maximum Gasteiger partial charge on any atom is 0.243 e. The topological polar surface area (TPSA) is 49.9 Å². The Balaban J connectivity index is 0.00000259. The molecule has 2 heterocycles. The zero-order valence-corrected chi connectivity index (χ0v) is 20.6. The van der Waals surface area contributed by atoms with E-state index >= 15 is 0 Å². The van der Waals surface area contributed by atoms with E-state index in [9.17, 15) is 8.42 Å². The van der Waals surface area contributed by atoms with Gasteiger partial charge in [-0.15, -0.1) is 12.4 Å². The molecule has 1 fully saturated rings. The number of hydrogen-bond donors (Lipinski definition) is 0. The van der Waals surface area contributed by atoms with Crippen LogP contribution in [0.3, 0.4) is 0 Å². The zero-order valence-electron chi connectivity index (χ0n) is 18.9. The van der Waals surface area contributed by atoms with E-state index in [1.54, 1.807) is 17.5 Å². The summed E-state index contributed by atoms with van der Waals surface area (Å²) >= 11 is 0. The normalized spacial score (nSPS) is 19.6. The Hall–Kier alpha value is -2.12. The molecule has 0 aromatic heterocycles. The molecular weight excluding hydrogens is 456 g/mol. The minimum atomic E-state index is -3.52. The van der Waals surface area contributed by atoms with Crippen LogP contribution in [0.5, 0.6) is 5.75 Å². The largest absolute Gasteiger partial charge is 0.497 e. The van der Waals surface area contributed by atoms with Gasteiger partial charge in [-0.25, -0.2) is 8.42 Å². The highest BCUT2D eigenvalue weighted by Gasteiger charge is 2.32. The van der Waals surface area contributed by atoms with Crippen LogP contribution in [0.25, 0.3) is 10.8 Å². The number of piperidine rings is 1. The Labute approximate surface area is 202 Å². The van der Waals surface area contributed by atoms with Crippen LogP contribution in [0.2, 0.25) is 0 Å². The average molecular weight is 487 g/mol. The molecule has 7 heteroatoms. The molecule has 176 valence electrons. The smallest absolute Gasteiger partial charge is 0.243 e. The molecule has 0 spiro atoms. The highest BCUT2D eigenvalue weighted by Crippen LogP contribution is 2.30. The van der Waals surface area contributed by atoms with E-state index in [4.69, 9.17) is 4.74 Å². The molecular formula is C26H31ClN2O3S. The van der Waals surface area contributed by atoms with Crippen LogP contribution >= 0.6 is 12.4 Å². The van der Waals surface area contributed by atoms with Crippen LogP contribution in [0.4, 0.5) is 0 Å². The molecule has 5 nitrogen and oxygen atoms in total. The van der Waals surface area contributed by atoms with Crippen LogP contribution < -0.4 is 4.74 Å². The van der Waals surface area contributed by atoms with Gasteiger partial charge >= 0.3 is 0 Å². The van der Waals surface area contributed by atoms with E-state index in [2.05, 4.69) is 17.0 Å². The Morgan fingerprint density at radius 1 is 1.00 bits per heavy atom. The highest BCUT2D eigenvalue weighted by atomic mass is 35.5. The van der Waals surface area contributed by atoms with Gasteiger partial charge in [0, 0.05) is 38.1 Å². The second-order valence-corrected chi connectivity index (χ2v) is 10.9. The number of rotatable bonds is 5. The minimum Gasteiger partial charge on any atom is -0.497 e. The molecule has 3 aromatic carbocycles. The molecule has 0 radical (unpaired) electrons. The fourth-order valence-electron chi connectivity index (χ4n) is 5.19. The third-order valence-electron chi connectivity index (χ3n) is 6.87. The number of ether oxygens (including phenoxy) is 1. The van der Waals surface area contributed by atoms with Gasteiger partial charge in [0.15, 0.2) is 0 Å². The van der Waals surface area contributed by atoms with Crippen LogP contribution in [-0.4, -0.2) is 50.9 Å². The maximum atomic E-state index is 13.6. The van der Waals surface area contributed by atoms with E-state index in [1.807, 2.05) is 42.5 Å². The first-order valence-electron chi connectivity index (χ1n) is 11.4. The van der Waals surface area contributed by atoms with Crippen molar-refractivity contribution in [3.63, 3.8) is 0 Å². The number of halogens is 1. The monoisotopic (exact) mass is 486 g/mol. The summed E-state index contributed by atoms with van der Waals surface area (Å²) in [7, 11) is -1.81. The van der Waals surface area contributed by atoms with Gasteiger partial charge in [-0.2, -0.15) is 4.31 Å². The molecule has 0 saturated carbocycles. The first-order chi connectivity index (χ1) is 15.5. The first-order valence-corrected chi connectivity index (χ1v) is 12.8. The van der Waals surface area contributed by atoms with Gasteiger partial charge in [-0.1, -0.05) is 42.5 Å². The van der Waals surface area contributed by atoms with Crippen molar-refractivity contribution in [2.45, 2.75) is 30.7 Å². The lowest BCUT2D eigenvalue weighted by atomic mass is 9.95. The third kappa shape index (κ3) is 4.90. The number of hydrogen-bond acceptors (Lipinski definition) is 4. The Kier molecular flexibility index (Phi) is 7.29. The second-order valence-electron chi connectivity index (χ2n) is 8.97. The molecule has 5 rings (SSSR count). The van der Waals surface area contributed by atoms with Crippen molar-refractivity contribution < 1.29 is 13.2 Å². The van der Waals surface area contributed by atoms with Crippen LogP contribution in [0.1, 0.15) is 24.0 Å². The quantitative estimate of drug-likeness (QED) is 0.523. The van der Waals surface area contributed by atoms with Gasteiger partial charge in [0.05, 0.1) is 12.0 Å². The van der Waals surface area contributed by atoms with Crippen molar-refractivity contribution in [3.8, 4) is 5.75 Å². The summed E-state index contributed by atoms with van der Waals surface area (Å²) in [6.07, 6.45) is 3.00. The lowest BCUT2D eigenvalue weighted by Crippen LogP contribution is -2.44. The highest BCUT2D eigenvalue weighted by molar-refractivity contribution is 7.89. The van der Waals surface area contributed by atoms with E-state index < -0.39 is 10.0 Å². The van der Waals surface area contributed by atoms with Crippen molar-refractivity contribution in [2.75, 3.05) is 33.3 Å². The molecule has 0 aliphatic carbocycles. The molecule has 0 amide bonds. The fraction of sp³-hybridized carbons (Fsp3) is 0.385. The fourth-order valence-corrected chi connectivity index (χ4v) is 6.96. The van der Waals surface area contributed by atoms with E-state index in [0.29, 0.717) is 23.9 Å². The van der Waals surface area contributed by atoms with Gasteiger partial charge in [0.2, 0.25) is 10.0 Å². The number of sulfonamides is 1. The molecule has 2 aliphatic heterocycles. The molecule has 0 bridgehead atoms. The van der Waals surface area contributed by atoms with E-state index in [-0.39, 0.29) is 12.4 Å². The molecule has 0 N–H and O–H groups in total. The summed E-state index contributed by atoms with van der Waals surface area (Å²) < 4.78 is 34.2. The summed E-state index contributed by atoms with van der Waals surface area (Å²) in [5.41, 5.74) is 2.72. The number of nitrogens with zero attached hydrogens (tertiary/aromatic N) is 2. The molecule has 3 aromatic rings. The van der Waals surface area contributed by atoms with E-state index in [0.717, 1.165) is 55.4 Å². The van der Waals surface area contributed by atoms with Gasteiger partial charge in [0.25, 0.3) is 0 Å². The average Bonchev–Trinajstić information content (AvgIpc) is 2.83. The number of benzene rings is 3.